The van der Waals surface area contributed by atoms with E-state index in [-0.39, 0.29) is 0 Å². The number of rotatable bonds is 7. The van der Waals surface area contributed by atoms with Gasteiger partial charge in [0.25, 0.3) is 0 Å². The zero-order valence-electron chi connectivity index (χ0n) is 14.7. The van der Waals surface area contributed by atoms with Crippen LogP contribution in [0.15, 0.2) is 23.7 Å². The summed E-state index contributed by atoms with van der Waals surface area (Å²) in [5.41, 5.74) is 3.08. The molecule has 0 aliphatic carbocycles. The maximum atomic E-state index is 11.6. The van der Waals surface area contributed by atoms with Crippen LogP contribution in [0, 0.1) is 0 Å². The molecule has 4 heterocycles. The van der Waals surface area contributed by atoms with Gasteiger partial charge in [0.05, 0.1) is 23.2 Å². The lowest BCUT2D eigenvalue weighted by atomic mass is 10.3. The maximum absolute atomic E-state index is 11.6. The minimum absolute atomic E-state index is 0.483. The second-order valence-corrected chi connectivity index (χ2v) is 7.07. The SMILES string of the molecule is CN(Cc1ncn[nH]1)/N=C\c1c(C=O)n(C)c2nc(Cc3ccn[nH]3)sc12. The van der Waals surface area contributed by atoms with Crippen LogP contribution in [0.1, 0.15) is 32.6 Å². The first-order valence-electron chi connectivity index (χ1n) is 8.16. The average molecular weight is 383 g/mol. The highest BCUT2D eigenvalue weighted by Gasteiger charge is 2.18. The van der Waals surface area contributed by atoms with Crippen molar-refractivity contribution in [2.24, 2.45) is 12.1 Å². The molecule has 0 bridgehead atoms. The van der Waals surface area contributed by atoms with Gasteiger partial charge in [-0.15, -0.1) is 11.3 Å². The van der Waals surface area contributed by atoms with Gasteiger partial charge in [-0.2, -0.15) is 15.3 Å². The fourth-order valence-corrected chi connectivity index (χ4v) is 3.92. The second-order valence-electron chi connectivity index (χ2n) is 5.99. The highest BCUT2D eigenvalue weighted by atomic mass is 32.1. The molecule has 4 rings (SSSR count). The number of aromatic amines is 2. The van der Waals surface area contributed by atoms with Gasteiger partial charge in [0.15, 0.2) is 11.9 Å². The fraction of sp³-hybridized carbons (Fsp3) is 0.250. The molecule has 0 atom stereocenters. The molecule has 0 saturated carbocycles. The number of nitrogens with one attached hydrogen (secondary N) is 2. The summed E-state index contributed by atoms with van der Waals surface area (Å²) in [5, 5.41) is 20.6. The Bertz CT molecular complexity index is 1080. The minimum atomic E-state index is 0.483. The molecular formula is C16H17N9OS. The number of H-pyrrole nitrogens is 2. The van der Waals surface area contributed by atoms with Gasteiger partial charge in [0, 0.05) is 38.0 Å². The molecule has 27 heavy (non-hydrogen) atoms. The van der Waals surface area contributed by atoms with Crippen LogP contribution in [0.25, 0.3) is 10.3 Å². The number of nitrogens with zero attached hydrogens (tertiary/aromatic N) is 7. The molecule has 0 saturated heterocycles. The molecule has 10 nitrogen and oxygen atoms in total. The lowest BCUT2D eigenvalue weighted by molar-refractivity contribution is 0.111. The van der Waals surface area contributed by atoms with Crippen molar-refractivity contribution < 1.29 is 4.79 Å². The quantitative estimate of drug-likeness (QED) is 0.282. The molecule has 4 aromatic rings. The molecule has 0 radical (unpaired) electrons. The van der Waals surface area contributed by atoms with Gasteiger partial charge >= 0.3 is 0 Å². The lowest BCUT2D eigenvalue weighted by Crippen LogP contribution is -2.12. The fourth-order valence-electron chi connectivity index (χ4n) is 2.78. The summed E-state index contributed by atoms with van der Waals surface area (Å²) in [6, 6.07) is 1.92. The van der Waals surface area contributed by atoms with Crippen molar-refractivity contribution in [3.8, 4) is 0 Å². The predicted molar refractivity (Wildman–Crippen MR) is 101 cm³/mol. The van der Waals surface area contributed by atoms with Gasteiger partial charge in [-0.3, -0.25) is 20.0 Å². The monoisotopic (exact) mass is 383 g/mol. The van der Waals surface area contributed by atoms with E-state index in [2.05, 4.69) is 35.5 Å². The van der Waals surface area contributed by atoms with E-state index in [4.69, 9.17) is 0 Å². The van der Waals surface area contributed by atoms with Gasteiger partial charge in [-0.25, -0.2) is 9.97 Å². The van der Waals surface area contributed by atoms with Gasteiger partial charge in [-0.1, -0.05) is 0 Å². The number of hydrazone groups is 1. The van der Waals surface area contributed by atoms with Crippen LogP contribution in [-0.4, -0.2) is 59.5 Å². The third-order valence-electron chi connectivity index (χ3n) is 4.09. The zero-order valence-corrected chi connectivity index (χ0v) is 15.6. The topological polar surface area (TPSA) is 121 Å². The molecule has 138 valence electrons. The van der Waals surface area contributed by atoms with Crippen LogP contribution in [0.5, 0.6) is 0 Å². The van der Waals surface area contributed by atoms with E-state index in [0.29, 0.717) is 24.5 Å². The Hall–Kier alpha value is -3.34. The van der Waals surface area contributed by atoms with Crippen molar-refractivity contribution in [2.75, 3.05) is 7.05 Å². The van der Waals surface area contributed by atoms with Crippen LogP contribution >= 0.6 is 11.3 Å². The van der Waals surface area contributed by atoms with Gasteiger partial charge < -0.3 is 4.57 Å². The maximum Gasteiger partial charge on any atom is 0.167 e. The summed E-state index contributed by atoms with van der Waals surface area (Å²) in [4.78, 5) is 20.4. The van der Waals surface area contributed by atoms with Crippen molar-refractivity contribution >= 4 is 34.2 Å². The zero-order chi connectivity index (χ0) is 18.8. The first-order valence-corrected chi connectivity index (χ1v) is 8.98. The Kier molecular flexibility index (Phi) is 4.50. The van der Waals surface area contributed by atoms with E-state index in [1.54, 1.807) is 33.3 Å². The molecule has 0 unspecified atom stereocenters. The Morgan fingerprint density at radius 3 is 2.96 bits per heavy atom. The van der Waals surface area contributed by atoms with Crippen LogP contribution in [0.4, 0.5) is 0 Å². The number of hydrogen-bond acceptors (Lipinski definition) is 8. The second kappa shape index (κ2) is 7.11. The van der Waals surface area contributed by atoms with Crippen molar-refractivity contribution in [1.29, 1.82) is 0 Å². The Morgan fingerprint density at radius 1 is 1.37 bits per heavy atom. The predicted octanol–water partition coefficient (Wildman–Crippen LogP) is 1.35. The van der Waals surface area contributed by atoms with Crippen molar-refractivity contribution in [3.63, 3.8) is 0 Å². The number of hydrogen-bond donors (Lipinski definition) is 2. The molecule has 0 aliphatic rings. The number of aryl methyl sites for hydroxylation is 1. The molecule has 0 aliphatic heterocycles. The molecule has 0 aromatic carbocycles. The summed E-state index contributed by atoms with van der Waals surface area (Å²) in [6.07, 6.45) is 6.37. The summed E-state index contributed by atoms with van der Waals surface area (Å²) in [6.45, 7) is 0.483. The molecule has 4 aromatic heterocycles. The van der Waals surface area contributed by atoms with Crippen LogP contribution in [0.3, 0.4) is 0 Å². The van der Waals surface area contributed by atoms with E-state index in [1.807, 2.05) is 20.2 Å². The summed E-state index contributed by atoms with van der Waals surface area (Å²) < 4.78 is 2.73. The molecule has 11 heteroatoms. The molecular weight excluding hydrogens is 366 g/mol. The van der Waals surface area contributed by atoms with Crippen LogP contribution in [-0.2, 0) is 20.0 Å². The lowest BCUT2D eigenvalue weighted by Gasteiger charge is -2.09. The first kappa shape index (κ1) is 17.1. The highest BCUT2D eigenvalue weighted by molar-refractivity contribution is 7.19. The van der Waals surface area contributed by atoms with Crippen molar-refractivity contribution in [3.05, 3.63) is 46.4 Å². The van der Waals surface area contributed by atoms with Crippen LogP contribution in [0.2, 0.25) is 0 Å². The van der Waals surface area contributed by atoms with Gasteiger partial charge in [-0.05, 0) is 6.07 Å². The van der Waals surface area contributed by atoms with E-state index in [9.17, 15) is 4.79 Å². The summed E-state index contributed by atoms with van der Waals surface area (Å²) in [7, 11) is 3.66. The van der Waals surface area contributed by atoms with Crippen LogP contribution < -0.4 is 0 Å². The van der Waals surface area contributed by atoms with E-state index >= 15 is 0 Å². The molecule has 2 N–H and O–H groups in total. The molecule has 0 spiro atoms. The molecule has 0 fully saturated rings. The highest BCUT2D eigenvalue weighted by Crippen LogP contribution is 2.30. The number of fused-ring (bicyclic) bond motifs is 1. The summed E-state index contributed by atoms with van der Waals surface area (Å²) in [5.74, 6) is 0.711. The van der Waals surface area contributed by atoms with Gasteiger partial charge in [0.1, 0.15) is 17.2 Å². The van der Waals surface area contributed by atoms with Crippen molar-refractivity contribution in [2.45, 2.75) is 13.0 Å². The van der Waals surface area contributed by atoms with E-state index in [0.717, 1.165) is 32.9 Å². The number of carbonyl (C=O) groups excluding carboxylic acids is 1. The molecule has 0 amide bonds. The normalized spacial score (nSPS) is 11.6. The summed E-state index contributed by atoms with van der Waals surface area (Å²) >= 11 is 1.55. The van der Waals surface area contributed by atoms with Crippen molar-refractivity contribution in [1.82, 2.24) is 39.9 Å². The third kappa shape index (κ3) is 3.36. The number of thiazole rings is 1. The van der Waals surface area contributed by atoms with E-state index in [1.165, 1.54) is 6.33 Å². The average Bonchev–Trinajstić information content (AvgIpc) is 3.42. The standard InChI is InChI=1S/C16H17N9OS/c1-24(7-13-17-9-19-23-13)20-6-11-12(8-26)25(2)16-15(11)27-14(21-16)5-10-3-4-18-22-10/h3-4,6,8-9H,5,7H2,1-2H3,(H,18,22)(H,17,19,23)/b20-6-. The Labute approximate surface area is 157 Å². The third-order valence-corrected chi connectivity index (χ3v) is 5.17. The van der Waals surface area contributed by atoms with Gasteiger partial charge in [0.2, 0.25) is 0 Å². The first-order chi connectivity index (χ1) is 13.2. The Balaban J connectivity index is 1.64. The minimum Gasteiger partial charge on any atom is -0.325 e. The smallest absolute Gasteiger partial charge is 0.167 e. The largest absolute Gasteiger partial charge is 0.325 e. The number of aromatic nitrogens is 7. The number of carbonyl (C=O) groups is 1. The number of aldehydes is 1. The Morgan fingerprint density at radius 2 is 2.26 bits per heavy atom. The van der Waals surface area contributed by atoms with E-state index < -0.39 is 0 Å².